The van der Waals surface area contributed by atoms with E-state index in [4.69, 9.17) is 9.15 Å². The molecule has 0 unspecified atom stereocenters. The van der Waals surface area contributed by atoms with Crippen molar-refractivity contribution in [1.29, 1.82) is 0 Å². The molecule has 3 aromatic rings. The van der Waals surface area contributed by atoms with E-state index in [2.05, 4.69) is 9.55 Å². The van der Waals surface area contributed by atoms with E-state index in [0.29, 0.717) is 24.4 Å². The quantitative estimate of drug-likeness (QED) is 0.670. The van der Waals surface area contributed by atoms with Crippen molar-refractivity contribution in [3.8, 4) is 11.3 Å². The van der Waals surface area contributed by atoms with Gasteiger partial charge in [-0.2, -0.15) is 0 Å². The maximum Gasteiger partial charge on any atom is 0.185 e. The minimum Gasteiger partial charge on any atom is -0.453 e. The Labute approximate surface area is 114 Å². The summed E-state index contributed by atoms with van der Waals surface area (Å²) in [5, 5.41) is 0. The van der Waals surface area contributed by atoms with Gasteiger partial charge in [0.1, 0.15) is 18.2 Å². The number of aromatic nitrogens is 2. The third-order valence-corrected chi connectivity index (χ3v) is 3.55. The van der Waals surface area contributed by atoms with Crippen LogP contribution in [0.15, 0.2) is 34.7 Å². The molecule has 5 nitrogen and oxygen atoms in total. The largest absolute Gasteiger partial charge is 0.453 e. The van der Waals surface area contributed by atoms with Crippen LogP contribution in [-0.2, 0) is 17.9 Å². The van der Waals surface area contributed by atoms with E-state index >= 15 is 0 Å². The van der Waals surface area contributed by atoms with E-state index in [1.807, 2.05) is 18.2 Å². The SMILES string of the molecule is O=Cc1ccc(-c2ccc3c(c2)nc2n3CCOC2)o1. The van der Waals surface area contributed by atoms with E-state index in [1.165, 1.54) is 0 Å². The number of imidazole rings is 1. The van der Waals surface area contributed by atoms with Crippen LogP contribution in [0.5, 0.6) is 0 Å². The highest BCUT2D eigenvalue weighted by Gasteiger charge is 2.15. The zero-order chi connectivity index (χ0) is 13.5. The Hall–Kier alpha value is -2.40. The lowest BCUT2D eigenvalue weighted by Crippen LogP contribution is -2.16. The van der Waals surface area contributed by atoms with Gasteiger partial charge in [-0.3, -0.25) is 4.79 Å². The predicted molar refractivity (Wildman–Crippen MR) is 72.5 cm³/mol. The van der Waals surface area contributed by atoms with Crippen molar-refractivity contribution in [3.05, 3.63) is 41.9 Å². The van der Waals surface area contributed by atoms with Gasteiger partial charge in [0.05, 0.1) is 17.6 Å². The first-order valence-corrected chi connectivity index (χ1v) is 6.47. The van der Waals surface area contributed by atoms with Crippen molar-refractivity contribution in [2.45, 2.75) is 13.2 Å². The van der Waals surface area contributed by atoms with Crippen molar-refractivity contribution >= 4 is 17.3 Å². The Kier molecular flexibility index (Phi) is 2.47. The van der Waals surface area contributed by atoms with Crippen LogP contribution in [0.2, 0.25) is 0 Å². The molecule has 1 aromatic carbocycles. The number of hydrogen-bond acceptors (Lipinski definition) is 4. The number of carbonyl (C=O) groups is 1. The Morgan fingerprint density at radius 2 is 2.20 bits per heavy atom. The molecule has 3 heterocycles. The van der Waals surface area contributed by atoms with Crippen molar-refractivity contribution in [2.75, 3.05) is 6.61 Å². The van der Waals surface area contributed by atoms with Gasteiger partial charge in [-0.1, -0.05) is 0 Å². The minimum absolute atomic E-state index is 0.331. The Morgan fingerprint density at radius 1 is 1.25 bits per heavy atom. The number of nitrogens with zero attached hydrogens (tertiary/aromatic N) is 2. The number of rotatable bonds is 2. The maximum absolute atomic E-state index is 10.7. The van der Waals surface area contributed by atoms with Gasteiger partial charge in [-0.15, -0.1) is 0 Å². The van der Waals surface area contributed by atoms with Gasteiger partial charge < -0.3 is 13.7 Å². The van der Waals surface area contributed by atoms with E-state index in [-0.39, 0.29) is 0 Å². The van der Waals surface area contributed by atoms with Gasteiger partial charge in [0.15, 0.2) is 12.0 Å². The standard InChI is InChI=1S/C15H12N2O3/c18-8-11-2-4-14(20-11)10-1-3-13-12(7-10)16-15-9-19-6-5-17(13)15/h1-4,7-8H,5-6,9H2. The highest BCUT2D eigenvalue weighted by molar-refractivity contribution is 5.82. The van der Waals surface area contributed by atoms with Crippen molar-refractivity contribution < 1.29 is 13.9 Å². The van der Waals surface area contributed by atoms with Crippen LogP contribution >= 0.6 is 0 Å². The third kappa shape index (κ3) is 1.67. The lowest BCUT2D eigenvalue weighted by Gasteiger charge is -2.14. The second-order valence-electron chi connectivity index (χ2n) is 4.76. The first kappa shape index (κ1) is 11.4. The predicted octanol–water partition coefficient (Wildman–Crippen LogP) is 2.64. The minimum atomic E-state index is 0.331. The lowest BCUT2D eigenvalue weighted by molar-refractivity contribution is 0.0830. The molecule has 0 bridgehead atoms. The molecule has 4 rings (SSSR count). The molecule has 0 aliphatic carbocycles. The van der Waals surface area contributed by atoms with Crippen LogP contribution < -0.4 is 0 Å². The van der Waals surface area contributed by atoms with E-state index in [9.17, 15) is 4.79 Å². The number of aldehydes is 1. The summed E-state index contributed by atoms with van der Waals surface area (Å²) in [5.41, 5.74) is 2.95. The van der Waals surface area contributed by atoms with Crippen LogP contribution in [0.3, 0.4) is 0 Å². The van der Waals surface area contributed by atoms with Gasteiger partial charge in [0, 0.05) is 12.1 Å². The molecule has 1 aliphatic rings. The number of furan rings is 1. The number of benzene rings is 1. The molecule has 0 spiro atoms. The molecule has 0 saturated carbocycles. The highest BCUT2D eigenvalue weighted by Crippen LogP contribution is 2.27. The molecule has 1 aliphatic heterocycles. The third-order valence-electron chi connectivity index (χ3n) is 3.55. The summed E-state index contributed by atoms with van der Waals surface area (Å²) in [6.07, 6.45) is 0.703. The van der Waals surface area contributed by atoms with Crippen molar-refractivity contribution in [3.63, 3.8) is 0 Å². The molecule has 5 heteroatoms. The average molecular weight is 268 g/mol. The number of carbonyl (C=O) groups excluding carboxylic acids is 1. The van der Waals surface area contributed by atoms with E-state index in [1.54, 1.807) is 12.1 Å². The molecule has 0 radical (unpaired) electrons. The summed E-state index contributed by atoms with van der Waals surface area (Å²) in [7, 11) is 0. The van der Waals surface area contributed by atoms with Crippen LogP contribution in [-0.4, -0.2) is 22.4 Å². The van der Waals surface area contributed by atoms with Gasteiger partial charge >= 0.3 is 0 Å². The molecular formula is C15H12N2O3. The fourth-order valence-corrected chi connectivity index (χ4v) is 2.58. The summed E-state index contributed by atoms with van der Waals surface area (Å²) in [4.78, 5) is 15.3. The summed E-state index contributed by atoms with van der Waals surface area (Å²) in [6.45, 7) is 2.11. The van der Waals surface area contributed by atoms with Crippen molar-refractivity contribution in [2.24, 2.45) is 0 Å². The van der Waals surface area contributed by atoms with Gasteiger partial charge in [-0.25, -0.2) is 4.98 Å². The van der Waals surface area contributed by atoms with Gasteiger partial charge in [0.25, 0.3) is 0 Å². The van der Waals surface area contributed by atoms with Crippen LogP contribution in [0.4, 0.5) is 0 Å². The maximum atomic E-state index is 10.7. The van der Waals surface area contributed by atoms with Gasteiger partial charge in [0.2, 0.25) is 0 Å². The van der Waals surface area contributed by atoms with E-state index < -0.39 is 0 Å². The number of ether oxygens (including phenoxy) is 1. The average Bonchev–Trinajstić information content (AvgIpc) is 3.10. The Balaban J connectivity index is 1.84. The fraction of sp³-hybridized carbons (Fsp3) is 0.200. The second kappa shape index (κ2) is 4.31. The summed E-state index contributed by atoms with van der Waals surface area (Å²) in [6, 6.07) is 9.46. The zero-order valence-corrected chi connectivity index (χ0v) is 10.7. The molecule has 2 aromatic heterocycles. The number of fused-ring (bicyclic) bond motifs is 3. The van der Waals surface area contributed by atoms with Crippen LogP contribution in [0.25, 0.3) is 22.4 Å². The lowest BCUT2D eigenvalue weighted by atomic mass is 10.1. The van der Waals surface area contributed by atoms with E-state index in [0.717, 1.165) is 35.6 Å². The first-order valence-electron chi connectivity index (χ1n) is 6.47. The van der Waals surface area contributed by atoms with Crippen molar-refractivity contribution in [1.82, 2.24) is 9.55 Å². The fourth-order valence-electron chi connectivity index (χ4n) is 2.58. The molecule has 20 heavy (non-hydrogen) atoms. The van der Waals surface area contributed by atoms with Gasteiger partial charge in [-0.05, 0) is 30.3 Å². The highest BCUT2D eigenvalue weighted by atomic mass is 16.5. The van der Waals surface area contributed by atoms with Crippen LogP contribution in [0.1, 0.15) is 16.4 Å². The summed E-state index contributed by atoms with van der Waals surface area (Å²) >= 11 is 0. The second-order valence-corrected chi connectivity index (χ2v) is 4.76. The van der Waals surface area contributed by atoms with Crippen LogP contribution in [0, 0.1) is 0 Å². The molecule has 100 valence electrons. The zero-order valence-electron chi connectivity index (χ0n) is 10.7. The Morgan fingerprint density at radius 3 is 3.05 bits per heavy atom. The first-order chi connectivity index (χ1) is 9.85. The molecular weight excluding hydrogens is 256 g/mol. The summed E-state index contributed by atoms with van der Waals surface area (Å²) in [5.74, 6) is 1.96. The monoisotopic (exact) mass is 268 g/mol. The molecule has 0 saturated heterocycles. The molecule has 0 amide bonds. The molecule has 0 fully saturated rings. The topological polar surface area (TPSA) is 57.3 Å². The molecule has 0 atom stereocenters. The summed E-state index contributed by atoms with van der Waals surface area (Å²) < 4.78 is 13.0. The normalized spacial score (nSPS) is 14.4. The molecule has 0 N–H and O–H groups in total. The smallest absolute Gasteiger partial charge is 0.185 e. The number of hydrogen-bond donors (Lipinski definition) is 0. The Bertz CT molecular complexity index is 801.